The Bertz CT molecular complexity index is 1240. The van der Waals surface area contributed by atoms with E-state index in [9.17, 15) is 9.90 Å². The number of aliphatic hydroxyl groups excluding tert-OH is 1. The third-order valence-corrected chi connectivity index (χ3v) is 6.71. The van der Waals surface area contributed by atoms with Gasteiger partial charge in [0.15, 0.2) is 5.78 Å². The van der Waals surface area contributed by atoms with Crippen LogP contribution in [0.3, 0.4) is 0 Å². The van der Waals surface area contributed by atoms with Crippen molar-refractivity contribution < 1.29 is 14.6 Å². The summed E-state index contributed by atoms with van der Waals surface area (Å²) in [4.78, 5) is 21.3. The van der Waals surface area contributed by atoms with E-state index in [1.807, 2.05) is 66.7 Å². The maximum Gasteiger partial charge on any atom is 0.195 e. The van der Waals surface area contributed by atoms with Crippen LogP contribution in [-0.4, -0.2) is 60.2 Å². The minimum absolute atomic E-state index is 0.274. The first kappa shape index (κ1) is 22.2. The third kappa shape index (κ3) is 4.30. The van der Waals surface area contributed by atoms with Crippen molar-refractivity contribution in [2.45, 2.75) is 12.1 Å². The fraction of sp³-hybridized carbons (Fsp3) is 0.250. The zero-order valence-corrected chi connectivity index (χ0v) is 19.2. The highest BCUT2D eigenvalue weighted by Crippen LogP contribution is 2.31. The van der Waals surface area contributed by atoms with Gasteiger partial charge in [0.2, 0.25) is 0 Å². The summed E-state index contributed by atoms with van der Waals surface area (Å²) in [6.07, 6.45) is 0.505. The Labute approximate surface area is 199 Å². The molecule has 0 bridgehead atoms. The van der Waals surface area contributed by atoms with E-state index in [4.69, 9.17) is 4.74 Å². The smallest absolute Gasteiger partial charge is 0.195 e. The average molecular weight is 456 g/mol. The molecule has 5 rings (SSSR count). The number of nitrogens with zero attached hydrogens (tertiary/aromatic N) is 2. The molecular formula is C28H29N3O3. The van der Waals surface area contributed by atoms with E-state index < -0.39 is 12.1 Å². The van der Waals surface area contributed by atoms with E-state index in [0.717, 1.165) is 48.4 Å². The molecule has 2 atom stereocenters. The Morgan fingerprint density at radius 3 is 2.29 bits per heavy atom. The summed E-state index contributed by atoms with van der Waals surface area (Å²) in [5.74, 6) is 0.470. The molecule has 4 aromatic rings. The van der Waals surface area contributed by atoms with Gasteiger partial charge in [-0.3, -0.25) is 9.69 Å². The first-order chi connectivity index (χ1) is 16.7. The van der Waals surface area contributed by atoms with Gasteiger partial charge in [-0.15, -0.1) is 0 Å². The largest absolute Gasteiger partial charge is 0.497 e. The molecule has 0 aliphatic carbocycles. The lowest BCUT2D eigenvalue weighted by atomic mass is 9.92. The number of rotatable bonds is 7. The Hall–Kier alpha value is -3.61. The summed E-state index contributed by atoms with van der Waals surface area (Å²) in [5.41, 5.74) is 3.49. The van der Waals surface area contributed by atoms with E-state index in [0.29, 0.717) is 5.56 Å². The number of aromatic nitrogens is 1. The molecule has 1 aromatic heterocycles. The summed E-state index contributed by atoms with van der Waals surface area (Å²) >= 11 is 0. The maximum absolute atomic E-state index is 13.6. The number of ketones is 1. The SMILES string of the molecule is COc1ccc([C@@H]([C@@H](O)C(=O)c2c[nH]c3ccccc23)N2CCN(c3ccccc3)CC2)cc1. The summed E-state index contributed by atoms with van der Waals surface area (Å²) in [5, 5.41) is 12.3. The van der Waals surface area contributed by atoms with Gasteiger partial charge in [-0.05, 0) is 35.9 Å². The molecule has 3 aromatic carbocycles. The number of hydrogen-bond donors (Lipinski definition) is 2. The average Bonchev–Trinajstić information content (AvgIpc) is 3.34. The normalized spacial score (nSPS) is 16.4. The van der Waals surface area contributed by atoms with Gasteiger partial charge in [0.05, 0.1) is 13.2 Å². The zero-order valence-electron chi connectivity index (χ0n) is 19.2. The number of hydrogen-bond acceptors (Lipinski definition) is 5. The van der Waals surface area contributed by atoms with Crippen LogP contribution in [0.2, 0.25) is 0 Å². The molecule has 34 heavy (non-hydrogen) atoms. The molecule has 1 saturated heterocycles. The standard InChI is InChI=1S/C28H29N3O3/c1-34-22-13-11-20(12-14-22)26(31-17-15-30(16-18-31)21-7-3-2-4-8-21)28(33)27(32)24-19-29-25-10-6-5-9-23(24)25/h2-14,19,26,28-29,33H,15-18H2,1H3/t26-,28+/m0/s1. The Kier molecular flexibility index (Phi) is 6.34. The molecule has 1 aliphatic rings. The highest BCUT2D eigenvalue weighted by molar-refractivity contribution is 6.10. The van der Waals surface area contributed by atoms with Crippen molar-refractivity contribution in [1.29, 1.82) is 0 Å². The highest BCUT2D eigenvalue weighted by atomic mass is 16.5. The molecule has 0 radical (unpaired) electrons. The second kappa shape index (κ2) is 9.71. The maximum atomic E-state index is 13.6. The van der Waals surface area contributed by atoms with Gasteiger partial charge >= 0.3 is 0 Å². The van der Waals surface area contributed by atoms with E-state index in [-0.39, 0.29) is 5.78 Å². The molecule has 0 spiro atoms. The van der Waals surface area contributed by atoms with E-state index in [1.165, 1.54) is 5.69 Å². The van der Waals surface area contributed by atoms with Crippen molar-refractivity contribution in [1.82, 2.24) is 9.88 Å². The summed E-state index contributed by atoms with van der Waals surface area (Å²) < 4.78 is 5.32. The molecule has 2 heterocycles. The van der Waals surface area contributed by atoms with Gasteiger partial charge in [-0.2, -0.15) is 0 Å². The number of methoxy groups -OCH3 is 1. The number of para-hydroxylation sites is 2. The van der Waals surface area contributed by atoms with Crippen molar-refractivity contribution >= 4 is 22.4 Å². The lowest BCUT2D eigenvalue weighted by Gasteiger charge is -2.41. The number of carbonyl (C=O) groups excluding carboxylic acids is 1. The number of aliphatic hydroxyl groups is 1. The second-order valence-corrected chi connectivity index (χ2v) is 8.63. The van der Waals surface area contributed by atoms with Crippen LogP contribution in [0.25, 0.3) is 10.9 Å². The molecule has 2 N–H and O–H groups in total. The molecule has 6 nitrogen and oxygen atoms in total. The zero-order chi connectivity index (χ0) is 23.5. The van der Waals surface area contributed by atoms with Gasteiger partial charge in [-0.1, -0.05) is 48.5 Å². The predicted octanol–water partition coefficient (Wildman–Crippen LogP) is 4.28. The fourth-order valence-corrected chi connectivity index (χ4v) is 4.87. The van der Waals surface area contributed by atoms with Crippen LogP contribution in [0.15, 0.2) is 85.1 Å². The van der Waals surface area contributed by atoms with Crippen molar-refractivity contribution in [2.75, 3.05) is 38.2 Å². The number of anilines is 1. The minimum atomic E-state index is -1.20. The molecule has 0 unspecified atom stereocenters. The quantitative estimate of drug-likeness (QED) is 0.407. The van der Waals surface area contributed by atoms with E-state index >= 15 is 0 Å². The summed E-state index contributed by atoms with van der Waals surface area (Å²) in [6, 6.07) is 25.2. The number of nitrogens with one attached hydrogen (secondary N) is 1. The van der Waals surface area contributed by atoms with Crippen LogP contribution in [0.1, 0.15) is 22.0 Å². The number of aromatic amines is 1. The topological polar surface area (TPSA) is 68.8 Å². The summed E-state index contributed by atoms with van der Waals surface area (Å²) in [6.45, 7) is 3.13. The van der Waals surface area contributed by atoms with E-state index in [1.54, 1.807) is 13.3 Å². The number of benzene rings is 3. The molecule has 1 aliphatic heterocycles. The molecule has 174 valence electrons. The van der Waals surface area contributed by atoms with Crippen molar-refractivity contribution in [2.24, 2.45) is 0 Å². The van der Waals surface area contributed by atoms with Crippen LogP contribution < -0.4 is 9.64 Å². The molecule has 0 saturated carbocycles. The first-order valence-corrected chi connectivity index (χ1v) is 11.6. The Morgan fingerprint density at radius 1 is 0.912 bits per heavy atom. The predicted molar refractivity (Wildman–Crippen MR) is 135 cm³/mol. The summed E-state index contributed by atoms with van der Waals surface area (Å²) in [7, 11) is 1.63. The van der Waals surface area contributed by atoms with Crippen LogP contribution >= 0.6 is 0 Å². The monoisotopic (exact) mass is 455 g/mol. The van der Waals surface area contributed by atoms with Crippen LogP contribution in [0.4, 0.5) is 5.69 Å². The Morgan fingerprint density at radius 2 is 1.59 bits per heavy atom. The number of fused-ring (bicyclic) bond motifs is 1. The van der Waals surface area contributed by atoms with Gasteiger partial charge in [-0.25, -0.2) is 0 Å². The van der Waals surface area contributed by atoms with Crippen molar-refractivity contribution in [3.8, 4) is 5.75 Å². The molecular weight excluding hydrogens is 426 g/mol. The van der Waals surface area contributed by atoms with Crippen LogP contribution in [0.5, 0.6) is 5.75 Å². The fourth-order valence-electron chi connectivity index (χ4n) is 4.87. The molecule has 1 fully saturated rings. The number of Topliss-reactive ketones (excluding diaryl/α,β-unsaturated/α-hetero) is 1. The van der Waals surface area contributed by atoms with Gasteiger partial charge in [0.1, 0.15) is 11.9 Å². The Balaban J connectivity index is 1.43. The lowest BCUT2D eigenvalue weighted by molar-refractivity contribution is 0.0366. The van der Waals surface area contributed by atoms with Crippen molar-refractivity contribution in [3.05, 3.63) is 96.2 Å². The number of piperazine rings is 1. The van der Waals surface area contributed by atoms with E-state index in [2.05, 4.69) is 26.9 Å². The number of H-pyrrole nitrogens is 1. The van der Waals surface area contributed by atoms with Crippen LogP contribution in [-0.2, 0) is 0 Å². The lowest BCUT2D eigenvalue weighted by Crippen LogP contribution is -2.51. The van der Waals surface area contributed by atoms with Gasteiger partial charge < -0.3 is 19.7 Å². The molecule has 6 heteroatoms. The van der Waals surface area contributed by atoms with Gasteiger partial charge in [0, 0.05) is 54.5 Å². The minimum Gasteiger partial charge on any atom is -0.497 e. The number of carbonyl (C=O) groups is 1. The third-order valence-electron chi connectivity index (χ3n) is 6.71. The first-order valence-electron chi connectivity index (χ1n) is 11.6. The molecule has 0 amide bonds. The van der Waals surface area contributed by atoms with Crippen molar-refractivity contribution in [3.63, 3.8) is 0 Å². The highest BCUT2D eigenvalue weighted by Gasteiger charge is 2.35. The number of ether oxygens (including phenoxy) is 1. The van der Waals surface area contributed by atoms with Crippen LogP contribution in [0, 0.1) is 0 Å². The second-order valence-electron chi connectivity index (χ2n) is 8.63. The van der Waals surface area contributed by atoms with Gasteiger partial charge in [0.25, 0.3) is 0 Å².